The van der Waals surface area contributed by atoms with E-state index in [2.05, 4.69) is 5.32 Å². The maximum absolute atomic E-state index is 13.0. The Kier molecular flexibility index (Phi) is 6.60. The Bertz CT molecular complexity index is 729. The monoisotopic (exact) mass is 369 g/mol. The van der Waals surface area contributed by atoms with Gasteiger partial charge in [-0.2, -0.15) is 13.2 Å². The van der Waals surface area contributed by atoms with Crippen LogP contribution in [0.15, 0.2) is 48.5 Å². The van der Waals surface area contributed by atoms with Gasteiger partial charge in [-0.25, -0.2) is 4.39 Å². The van der Waals surface area contributed by atoms with E-state index in [1.165, 1.54) is 30.3 Å². The molecule has 0 heterocycles. The smallest absolute Gasteiger partial charge is 0.416 e. The van der Waals surface area contributed by atoms with E-state index in [0.717, 1.165) is 12.1 Å². The molecular weight excluding hydrogens is 350 g/mol. The second-order valence-corrected chi connectivity index (χ2v) is 5.88. The molecule has 0 aromatic heterocycles. The van der Waals surface area contributed by atoms with Gasteiger partial charge in [0.15, 0.2) is 0 Å². The van der Waals surface area contributed by atoms with Crippen molar-refractivity contribution in [3.8, 4) is 5.75 Å². The van der Waals surface area contributed by atoms with Gasteiger partial charge in [0.05, 0.1) is 12.1 Å². The zero-order valence-corrected chi connectivity index (χ0v) is 14.1. The average molecular weight is 369 g/mol. The first-order valence-electron chi connectivity index (χ1n) is 8.08. The lowest BCUT2D eigenvalue weighted by Crippen LogP contribution is -2.28. The van der Waals surface area contributed by atoms with Gasteiger partial charge in [-0.3, -0.25) is 4.79 Å². The van der Waals surface area contributed by atoms with E-state index in [1.807, 2.05) is 0 Å². The van der Waals surface area contributed by atoms with Crippen LogP contribution in [-0.2, 0) is 11.0 Å². The zero-order valence-electron chi connectivity index (χ0n) is 14.1. The molecule has 1 unspecified atom stereocenters. The number of hydrogen-bond donors (Lipinski definition) is 1. The first kappa shape index (κ1) is 19.8. The Balaban J connectivity index is 1.74. The van der Waals surface area contributed by atoms with Crippen LogP contribution in [0.1, 0.15) is 30.4 Å². The highest BCUT2D eigenvalue weighted by atomic mass is 19.4. The van der Waals surface area contributed by atoms with Crippen LogP contribution < -0.4 is 10.1 Å². The number of alkyl halides is 3. The number of halogens is 4. The van der Waals surface area contributed by atoms with Crippen molar-refractivity contribution in [2.24, 2.45) is 0 Å². The van der Waals surface area contributed by atoms with E-state index in [1.54, 1.807) is 13.0 Å². The standard InChI is InChI=1S/C19H19F4NO2/c1-13(14-5-7-15(8-6-14)19(21,22)23)11-18(25)24-9-10-26-17-4-2-3-16(20)12-17/h2-8,12-13H,9-11H2,1H3,(H,24,25). The molecule has 0 aliphatic rings. The van der Waals surface area contributed by atoms with Crippen LogP contribution in [0.25, 0.3) is 0 Å². The molecule has 0 spiro atoms. The second kappa shape index (κ2) is 8.69. The first-order chi connectivity index (χ1) is 12.3. The predicted molar refractivity (Wildman–Crippen MR) is 89.4 cm³/mol. The third kappa shape index (κ3) is 6.06. The molecule has 7 heteroatoms. The summed E-state index contributed by atoms with van der Waals surface area (Å²) in [6.07, 6.45) is -4.23. The number of rotatable bonds is 7. The van der Waals surface area contributed by atoms with E-state index < -0.39 is 17.6 Å². The summed E-state index contributed by atoms with van der Waals surface area (Å²) in [5, 5.41) is 2.67. The summed E-state index contributed by atoms with van der Waals surface area (Å²) in [7, 11) is 0. The summed E-state index contributed by atoms with van der Waals surface area (Å²) in [5.41, 5.74) is -0.0587. The minimum atomic E-state index is -4.37. The minimum absolute atomic E-state index is 0.144. The molecule has 0 fully saturated rings. The van der Waals surface area contributed by atoms with Gasteiger partial charge in [0.2, 0.25) is 5.91 Å². The fourth-order valence-corrected chi connectivity index (χ4v) is 2.38. The van der Waals surface area contributed by atoms with Crippen molar-refractivity contribution in [2.75, 3.05) is 13.2 Å². The zero-order chi connectivity index (χ0) is 19.2. The van der Waals surface area contributed by atoms with Crippen molar-refractivity contribution in [2.45, 2.75) is 25.4 Å². The van der Waals surface area contributed by atoms with E-state index in [9.17, 15) is 22.4 Å². The summed E-state index contributed by atoms with van der Waals surface area (Å²) in [6, 6.07) is 10.5. The Labute approximate surface area is 149 Å². The van der Waals surface area contributed by atoms with Crippen LogP contribution in [0.3, 0.4) is 0 Å². The maximum atomic E-state index is 13.0. The van der Waals surface area contributed by atoms with E-state index in [-0.39, 0.29) is 31.4 Å². The van der Waals surface area contributed by atoms with Gasteiger partial charge < -0.3 is 10.1 Å². The Morgan fingerprint density at radius 3 is 2.46 bits per heavy atom. The Morgan fingerprint density at radius 2 is 1.85 bits per heavy atom. The Morgan fingerprint density at radius 1 is 1.15 bits per heavy atom. The van der Waals surface area contributed by atoms with Crippen LogP contribution >= 0.6 is 0 Å². The number of nitrogens with one attached hydrogen (secondary N) is 1. The SMILES string of the molecule is CC(CC(=O)NCCOc1cccc(F)c1)c1ccc(C(F)(F)F)cc1. The highest BCUT2D eigenvalue weighted by molar-refractivity contribution is 5.76. The third-order valence-electron chi connectivity index (χ3n) is 3.79. The van der Waals surface area contributed by atoms with Crippen LogP contribution in [-0.4, -0.2) is 19.1 Å². The number of hydrogen-bond acceptors (Lipinski definition) is 2. The number of ether oxygens (including phenoxy) is 1. The molecule has 0 saturated carbocycles. The summed E-state index contributed by atoms with van der Waals surface area (Å²) < 4.78 is 56.0. The molecule has 0 bridgehead atoms. The van der Waals surface area contributed by atoms with E-state index >= 15 is 0 Å². The number of amides is 1. The molecule has 1 atom stereocenters. The molecule has 1 N–H and O–H groups in total. The van der Waals surface area contributed by atoms with Gasteiger partial charge in [-0.05, 0) is 35.7 Å². The van der Waals surface area contributed by atoms with Crippen LogP contribution in [0, 0.1) is 5.82 Å². The van der Waals surface area contributed by atoms with Gasteiger partial charge in [0, 0.05) is 12.5 Å². The van der Waals surface area contributed by atoms with Gasteiger partial charge in [0.25, 0.3) is 0 Å². The highest BCUT2D eigenvalue weighted by Gasteiger charge is 2.30. The molecule has 0 aliphatic heterocycles. The van der Waals surface area contributed by atoms with Crippen LogP contribution in [0.4, 0.5) is 17.6 Å². The molecule has 26 heavy (non-hydrogen) atoms. The Hall–Kier alpha value is -2.57. The summed E-state index contributed by atoms with van der Waals surface area (Å²) >= 11 is 0. The fourth-order valence-electron chi connectivity index (χ4n) is 2.38. The van der Waals surface area contributed by atoms with Gasteiger partial charge in [-0.15, -0.1) is 0 Å². The number of carbonyl (C=O) groups is 1. The van der Waals surface area contributed by atoms with Gasteiger partial charge >= 0.3 is 6.18 Å². The first-order valence-corrected chi connectivity index (χ1v) is 8.08. The third-order valence-corrected chi connectivity index (χ3v) is 3.79. The highest BCUT2D eigenvalue weighted by Crippen LogP contribution is 2.30. The molecular formula is C19H19F4NO2. The molecule has 2 aromatic rings. The molecule has 0 saturated heterocycles. The predicted octanol–water partition coefficient (Wildman–Crippen LogP) is 4.53. The van der Waals surface area contributed by atoms with E-state index in [0.29, 0.717) is 11.3 Å². The molecule has 2 aromatic carbocycles. The van der Waals surface area contributed by atoms with Crippen molar-refractivity contribution >= 4 is 5.91 Å². The molecule has 1 amide bonds. The van der Waals surface area contributed by atoms with Crippen molar-refractivity contribution in [1.29, 1.82) is 0 Å². The van der Waals surface area contributed by atoms with Gasteiger partial charge in [-0.1, -0.05) is 25.1 Å². The maximum Gasteiger partial charge on any atom is 0.416 e. The van der Waals surface area contributed by atoms with Gasteiger partial charge in [0.1, 0.15) is 18.2 Å². The second-order valence-electron chi connectivity index (χ2n) is 5.88. The lowest BCUT2D eigenvalue weighted by molar-refractivity contribution is -0.137. The lowest BCUT2D eigenvalue weighted by Gasteiger charge is -2.14. The quantitative estimate of drug-likeness (QED) is 0.575. The number of carbonyl (C=O) groups excluding carboxylic acids is 1. The summed E-state index contributed by atoms with van der Waals surface area (Å²) in [4.78, 5) is 11.9. The van der Waals surface area contributed by atoms with Crippen molar-refractivity contribution < 1.29 is 27.1 Å². The summed E-state index contributed by atoms with van der Waals surface area (Å²) in [5.74, 6) is -0.490. The topological polar surface area (TPSA) is 38.3 Å². The van der Waals surface area contributed by atoms with E-state index in [4.69, 9.17) is 4.74 Å². The van der Waals surface area contributed by atoms with Crippen molar-refractivity contribution in [3.05, 3.63) is 65.5 Å². The average Bonchev–Trinajstić information content (AvgIpc) is 2.58. The van der Waals surface area contributed by atoms with Crippen LogP contribution in [0.5, 0.6) is 5.75 Å². The van der Waals surface area contributed by atoms with Crippen molar-refractivity contribution in [1.82, 2.24) is 5.32 Å². The summed E-state index contributed by atoms with van der Waals surface area (Å²) in [6.45, 7) is 2.20. The van der Waals surface area contributed by atoms with Crippen molar-refractivity contribution in [3.63, 3.8) is 0 Å². The lowest BCUT2D eigenvalue weighted by atomic mass is 9.96. The molecule has 0 radical (unpaired) electrons. The normalized spacial score (nSPS) is 12.5. The largest absolute Gasteiger partial charge is 0.492 e. The molecule has 2 rings (SSSR count). The molecule has 140 valence electrons. The number of benzene rings is 2. The minimum Gasteiger partial charge on any atom is -0.492 e. The molecule has 3 nitrogen and oxygen atoms in total. The van der Waals surface area contributed by atoms with Crippen LogP contribution in [0.2, 0.25) is 0 Å². The fraction of sp³-hybridized carbons (Fsp3) is 0.316. The molecule has 0 aliphatic carbocycles.